The molecule has 0 aliphatic heterocycles. The maximum atomic E-state index is 12.6. The molecule has 5 heteroatoms. The Labute approximate surface area is 141 Å². The number of benzene rings is 2. The molecule has 2 aromatic rings. The van der Waals surface area contributed by atoms with Crippen molar-refractivity contribution in [3.05, 3.63) is 53.1 Å². The van der Waals surface area contributed by atoms with E-state index < -0.39 is 0 Å². The summed E-state index contributed by atoms with van der Waals surface area (Å²) in [6.07, 6.45) is 0.696. The van der Waals surface area contributed by atoms with Crippen LogP contribution in [0.5, 0.6) is 11.5 Å². The predicted molar refractivity (Wildman–Crippen MR) is 92.7 cm³/mol. The molecular formula is C18H20ClNO3. The first kappa shape index (κ1) is 17.2. The van der Waals surface area contributed by atoms with Gasteiger partial charge in [0.15, 0.2) is 0 Å². The van der Waals surface area contributed by atoms with E-state index in [0.717, 1.165) is 5.56 Å². The molecule has 2 aromatic carbocycles. The first-order valence-electron chi connectivity index (χ1n) is 7.38. The summed E-state index contributed by atoms with van der Waals surface area (Å²) in [4.78, 5) is 12.6. The zero-order valence-corrected chi connectivity index (χ0v) is 14.2. The summed E-state index contributed by atoms with van der Waals surface area (Å²) in [6.45, 7) is 1.98. The lowest BCUT2D eigenvalue weighted by Crippen LogP contribution is -2.21. The minimum Gasteiger partial charge on any atom is -0.495 e. The molecule has 0 aliphatic rings. The fourth-order valence-electron chi connectivity index (χ4n) is 2.44. The zero-order valence-electron chi connectivity index (χ0n) is 13.4. The molecule has 0 radical (unpaired) electrons. The summed E-state index contributed by atoms with van der Waals surface area (Å²) in [6, 6.07) is 13.0. The van der Waals surface area contributed by atoms with Crippen molar-refractivity contribution in [2.75, 3.05) is 19.5 Å². The molecule has 4 nitrogen and oxygen atoms in total. The van der Waals surface area contributed by atoms with Crippen LogP contribution in [0.4, 0.5) is 5.69 Å². The van der Waals surface area contributed by atoms with Crippen molar-refractivity contribution in [1.82, 2.24) is 0 Å². The third-order valence-corrected chi connectivity index (χ3v) is 3.95. The summed E-state index contributed by atoms with van der Waals surface area (Å²) in [5.74, 6) is 0.666. The molecule has 23 heavy (non-hydrogen) atoms. The molecule has 0 heterocycles. The average molecular weight is 334 g/mol. The molecule has 2 rings (SSSR count). The number of anilines is 1. The van der Waals surface area contributed by atoms with Crippen LogP contribution in [0, 0.1) is 0 Å². The second kappa shape index (κ2) is 7.88. The van der Waals surface area contributed by atoms with E-state index in [4.69, 9.17) is 21.1 Å². The van der Waals surface area contributed by atoms with Crippen LogP contribution in [0.2, 0.25) is 5.02 Å². The maximum absolute atomic E-state index is 12.6. The van der Waals surface area contributed by atoms with Crippen LogP contribution in [0.25, 0.3) is 0 Å². The number of halogens is 1. The van der Waals surface area contributed by atoms with Gasteiger partial charge in [-0.1, -0.05) is 48.9 Å². The van der Waals surface area contributed by atoms with Gasteiger partial charge in [0.1, 0.15) is 11.5 Å². The lowest BCUT2D eigenvalue weighted by molar-refractivity contribution is -0.117. The fraction of sp³-hybridized carbons (Fsp3) is 0.278. The Kier molecular flexibility index (Phi) is 5.88. The Bertz CT molecular complexity index is 673. The molecule has 0 saturated heterocycles. The number of hydrogen-bond donors (Lipinski definition) is 1. The van der Waals surface area contributed by atoms with Gasteiger partial charge < -0.3 is 14.8 Å². The summed E-state index contributed by atoms with van der Waals surface area (Å²) >= 11 is 6.14. The molecule has 0 bridgehead atoms. The Morgan fingerprint density at radius 2 is 1.78 bits per heavy atom. The molecule has 0 aromatic heterocycles. The van der Waals surface area contributed by atoms with E-state index in [-0.39, 0.29) is 11.8 Å². The van der Waals surface area contributed by atoms with Crippen molar-refractivity contribution in [2.45, 2.75) is 19.3 Å². The summed E-state index contributed by atoms with van der Waals surface area (Å²) in [5, 5.41) is 3.31. The van der Waals surface area contributed by atoms with Crippen molar-refractivity contribution in [3.8, 4) is 11.5 Å². The monoisotopic (exact) mass is 333 g/mol. The van der Waals surface area contributed by atoms with Crippen LogP contribution >= 0.6 is 11.6 Å². The molecule has 0 unspecified atom stereocenters. The van der Waals surface area contributed by atoms with Crippen molar-refractivity contribution in [2.24, 2.45) is 0 Å². The van der Waals surface area contributed by atoms with Crippen LogP contribution in [-0.2, 0) is 4.79 Å². The van der Waals surface area contributed by atoms with Crippen LogP contribution < -0.4 is 14.8 Å². The van der Waals surface area contributed by atoms with Crippen LogP contribution in [0.15, 0.2) is 42.5 Å². The number of rotatable bonds is 6. The molecule has 0 saturated carbocycles. The van der Waals surface area contributed by atoms with E-state index in [1.54, 1.807) is 12.1 Å². The Balaban J connectivity index is 2.27. The number of carbonyl (C=O) groups excluding carboxylic acids is 1. The lowest BCUT2D eigenvalue weighted by Gasteiger charge is -2.18. The van der Waals surface area contributed by atoms with Crippen molar-refractivity contribution in [3.63, 3.8) is 0 Å². The highest BCUT2D eigenvalue weighted by Gasteiger charge is 2.20. The van der Waals surface area contributed by atoms with Gasteiger partial charge in [0.25, 0.3) is 0 Å². The van der Waals surface area contributed by atoms with E-state index in [9.17, 15) is 4.79 Å². The molecule has 0 aliphatic carbocycles. The molecule has 1 atom stereocenters. The van der Waals surface area contributed by atoms with E-state index >= 15 is 0 Å². The summed E-state index contributed by atoms with van der Waals surface area (Å²) < 4.78 is 10.5. The minimum absolute atomic E-state index is 0.0989. The lowest BCUT2D eigenvalue weighted by atomic mass is 9.95. The molecule has 122 valence electrons. The van der Waals surface area contributed by atoms with E-state index in [0.29, 0.717) is 28.6 Å². The number of hydrogen-bond acceptors (Lipinski definition) is 3. The van der Waals surface area contributed by atoms with Crippen LogP contribution in [0.3, 0.4) is 0 Å². The van der Waals surface area contributed by atoms with Gasteiger partial charge in [-0.25, -0.2) is 0 Å². The van der Waals surface area contributed by atoms with Gasteiger partial charge in [0.2, 0.25) is 5.91 Å². The molecule has 0 fully saturated rings. The van der Waals surface area contributed by atoms with E-state index in [1.807, 2.05) is 37.3 Å². The number of amides is 1. The van der Waals surface area contributed by atoms with Gasteiger partial charge in [-0.05, 0) is 18.1 Å². The molecule has 1 N–H and O–H groups in total. The Morgan fingerprint density at radius 1 is 1.13 bits per heavy atom. The number of carbonyl (C=O) groups is 1. The SMILES string of the molecule is CC[C@@H](C(=O)Nc1cc(Cl)c(OC)cc1OC)c1ccccc1. The smallest absolute Gasteiger partial charge is 0.232 e. The van der Waals surface area contributed by atoms with Gasteiger partial charge in [-0.15, -0.1) is 0 Å². The Morgan fingerprint density at radius 3 is 2.35 bits per heavy atom. The number of ether oxygens (including phenoxy) is 2. The summed E-state index contributed by atoms with van der Waals surface area (Å²) in [5.41, 5.74) is 1.50. The highest BCUT2D eigenvalue weighted by Crippen LogP contribution is 2.36. The fourth-order valence-corrected chi connectivity index (χ4v) is 2.68. The predicted octanol–water partition coefficient (Wildman–Crippen LogP) is 4.49. The Hall–Kier alpha value is -2.20. The first-order valence-corrected chi connectivity index (χ1v) is 7.75. The zero-order chi connectivity index (χ0) is 16.8. The first-order chi connectivity index (χ1) is 11.1. The third kappa shape index (κ3) is 3.96. The normalized spacial score (nSPS) is 11.7. The highest BCUT2D eigenvalue weighted by atomic mass is 35.5. The second-order valence-corrected chi connectivity index (χ2v) is 5.46. The summed E-state index contributed by atoms with van der Waals surface area (Å²) in [7, 11) is 3.06. The minimum atomic E-state index is -0.234. The van der Waals surface area contributed by atoms with Gasteiger partial charge in [-0.3, -0.25) is 4.79 Å². The molecular weight excluding hydrogens is 314 g/mol. The van der Waals surface area contributed by atoms with Gasteiger partial charge >= 0.3 is 0 Å². The van der Waals surface area contributed by atoms with Crippen LogP contribution in [0.1, 0.15) is 24.8 Å². The third-order valence-electron chi connectivity index (χ3n) is 3.66. The average Bonchev–Trinajstić information content (AvgIpc) is 2.57. The number of nitrogens with one attached hydrogen (secondary N) is 1. The topological polar surface area (TPSA) is 47.6 Å². The van der Waals surface area contributed by atoms with Crippen molar-refractivity contribution < 1.29 is 14.3 Å². The highest BCUT2D eigenvalue weighted by molar-refractivity contribution is 6.32. The van der Waals surface area contributed by atoms with Gasteiger partial charge in [0, 0.05) is 6.07 Å². The van der Waals surface area contributed by atoms with E-state index in [2.05, 4.69) is 5.32 Å². The van der Waals surface area contributed by atoms with Gasteiger partial charge in [-0.2, -0.15) is 0 Å². The van der Waals surface area contributed by atoms with Gasteiger partial charge in [0.05, 0.1) is 30.8 Å². The second-order valence-electron chi connectivity index (χ2n) is 5.05. The molecule has 1 amide bonds. The quantitative estimate of drug-likeness (QED) is 0.847. The standard InChI is InChI=1S/C18H20ClNO3/c1-4-13(12-8-6-5-7-9-12)18(21)20-15-10-14(19)16(22-2)11-17(15)23-3/h5-11,13H,4H2,1-3H3,(H,20,21)/t13-/m1/s1. The number of methoxy groups -OCH3 is 2. The van der Waals surface area contributed by atoms with Crippen LogP contribution in [-0.4, -0.2) is 20.1 Å². The van der Waals surface area contributed by atoms with E-state index in [1.165, 1.54) is 14.2 Å². The van der Waals surface area contributed by atoms with Crippen molar-refractivity contribution >= 4 is 23.2 Å². The maximum Gasteiger partial charge on any atom is 0.232 e. The molecule has 0 spiro atoms. The van der Waals surface area contributed by atoms with Crippen molar-refractivity contribution in [1.29, 1.82) is 0 Å². The largest absolute Gasteiger partial charge is 0.495 e.